The summed E-state index contributed by atoms with van der Waals surface area (Å²) >= 11 is 0. The number of rotatable bonds is 12. The van der Waals surface area contributed by atoms with Crippen molar-refractivity contribution in [3.63, 3.8) is 0 Å². The highest BCUT2D eigenvalue weighted by Crippen LogP contribution is 2.12. The Morgan fingerprint density at radius 1 is 0.879 bits per heavy atom. The smallest absolute Gasteiger partial charge is 0.326 e. The lowest BCUT2D eigenvalue weighted by Gasteiger charge is -2.27. The van der Waals surface area contributed by atoms with Gasteiger partial charge in [0.2, 0.25) is 17.7 Å². The number of carboxylic acids is 1. The molecular weight excluding hydrogens is 428 g/mol. The molecule has 0 heterocycles. The topological polar surface area (TPSA) is 171 Å². The summed E-state index contributed by atoms with van der Waals surface area (Å²) in [5.41, 5.74) is 6.77. The quantitative estimate of drug-likeness (QED) is 0.262. The van der Waals surface area contributed by atoms with E-state index in [1.54, 1.807) is 32.9 Å². The molecule has 0 bridgehead atoms. The first kappa shape index (κ1) is 27.9. The van der Waals surface area contributed by atoms with E-state index in [1.165, 1.54) is 19.1 Å². The highest BCUT2D eigenvalue weighted by Gasteiger charge is 2.31. The average molecular weight is 465 g/mol. The van der Waals surface area contributed by atoms with Gasteiger partial charge in [0, 0.05) is 0 Å². The number of aliphatic carboxylic acids is 1. The number of aromatic hydroxyl groups is 1. The number of phenols is 1. The van der Waals surface area contributed by atoms with Crippen molar-refractivity contribution in [3.8, 4) is 5.75 Å². The van der Waals surface area contributed by atoms with Crippen LogP contribution < -0.4 is 21.7 Å². The van der Waals surface area contributed by atoms with Gasteiger partial charge in [0.1, 0.15) is 23.9 Å². The molecular formula is C23H36N4O6. The van der Waals surface area contributed by atoms with Crippen molar-refractivity contribution in [2.75, 3.05) is 0 Å². The Morgan fingerprint density at radius 3 is 1.91 bits per heavy atom. The van der Waals surface area contributed by atoms with E-state index in [9.17, 15) is 29.4 Å². The molecule has 0 aliphatic heterocycles. The van der Waals surface area contributed by atoms with E-state index in [2.05, 4.69) is 16.0 Å². The van der Waals surface area contributed by atoms with Crippen LogP contribution >= 0.6 is 0 Å². The van der Waals surface area contributed by atoms with Crippen molar-refractivity contribution >= 4 is 23.7 Å². The highest BCUT2D eigenvalue weighted by molar-refractivity contribution is 5.94. The third-order valence-corrected chi connectivity index (χ3v) is 5.50. The van der Waals surface area contributed by atoms with Gasteiger partial charge in [-0.15, -0.1) is 0 Å². The zero-order chi connectivity index (χ0) is 25.3. The lowest BCUT2D eigenvalue weighted by Crippen LogP contribution is -2.58. The van der Waals surface area contributed by atoms with Gasteiger partial charge in [-0.2, -0.15) is 0 Å². The zero-order valence-corrected chi connectivity index (χ0v) is 19.8. The maximum Gasteiger partial charge on any atom is 0.326 e. The number of benzene rings is 1. The Kier molecular flexibility index (Phi) is 10.8. The number of carbonyl (C=O) groups is 4. The summed E-state index contributed by atoms with van der Waals surface area (Å²) in [5.74, 6) is -3.36. The molecule has 10 nitrogen and oxygen atoms in total. The molecule has 5 unspecified atom stereocenters. The van der Waals surface area contributed by atoms with Gasteiger partial charge in [0.15, 0.2) is 0 Å². The van der Waals surface area contributed by atoms with Crippen molar-refractivity contribution in [1.29, 1.82) is 0 Å². The monoisotopic (exact) mass is 464 g/mol. The van der Waals surface area contributed by atoms with Gasteiger partial charge in [-0.25, -0.2) is 4.79 Å². The van der Waals surface area contributed by atoms with Crippen LogP contribution in [0.15, 0.2) is 24.3 Å². The molecule has 0 spiro atoms. The Morgan fingerprint density at radius 2 is 1.42 bits per heavy atom. The largest absolute Gasteiger partial charge is 0.508 e. The van der Waals surface area contributed by atoms with Gasteiger partial charge < -0.3 is 31.9 Å². The minimum absolute atomic E-state index is 0.103. The summed E-state index contributed by atoms with van der Waals surface area (Å²) in [7, 11) is 0. The molecule has 0 aliphatic rings. The second-order valence-corrected chi connectivity index (χ2v) is 8.65. The molecule has 0 fully saturated rings. The predicted octanol–water partition coefficient (Wildman–Crippen LogP) is 0.523. The van der Waals surface area contributed by atoms with E-state index in [4.69, 9.17) is 5.73 Å². The van der Waals surface area contributed by atoms with E-state index in [0.717, 1.165) is 5.56 Å². The molecule has 0 aromatic heterocycles. The van der Waals surface area contributed by atoms with Crippen molar-refractivity contribution in [3.05, 3.63) is 29.8 Å². The number of amides is 3. The lowest BCUT2D eigenvalue weighted by atomic mass is 9.97. The lowest BCUT2D eigenvalue weighted by molar-refractivity contribution is -0.143. The molecule has 10 heteroatoms. The molecule has 184 valence electrons. The minimum atomic E-state index is -1.16. The molecule has 5 atom stereocenters. The zero-order valence-electron chi connectivity index (χ0n) is 19.8. The second-order valence-electron chi connectivity index (χ2n) is 8.65. The number of hydrogen-bond acceptors (Lipinski definition) is 6. The Bertz CT molecular complexity index is 827. The number of nitrogens with two attached hydrogens (primary N) is 1. The maximum absolute atomic E-state index is 12.9. The summed E-state index contributed by atoms with van der Waals surface area (Å²) in [6.07, 6.45) is 0.798. The van der Waals surface area contributed by atoms with Crippen molar-refractivity contribution in [2.24, 2.45) is 17.6 Å². The minimum Gasteiger partial charge on any atom is -0.508 e. The first-order chi connectivity index (χ1) is 15.4. The van der Waals surface area contributed by atoms with Crippen LogP contribution in [0.25, 0.3) is 0 Å². The summed E-state index contributed by atoms with van der Waals surface area (Å²) in [5, 5.41) is 26.3. The van der Waals surface area contributed by atoms with E-state index >= 15 is 0 Å². The van der Waals surface area contributed by atoms with E-state index in [0.29, 0.717) is 6.42 Å². The molecule has 0 radical (unpaired) electrons. The molecule has 0 aliphatic carbocycles. The number of carboxylic acid groups (broad SMARTS) is 1. The van der Waals surface area contributed by atoms with Gasteiger partial charge in [0.05, 0.1) is 6.04 Å². The summed E-state index contributed by atoms with van der Waals surface area (Å²) in [4.78, 5) is 49.2. The fourth-order valence-electron chi connectivity index (χ4n) is 3.10. The van der Waals surface area contributed by atoms with Crippen LogP contribution in [0.5, 0.6) is 5.75 Å². The van der Waals surface area contributed by atoms with Gasteiger partial charge in [0.25, 0.3) is 0 Å². The van der Waals surface area contributed by atoms with Crippen LogP contribution in [0.2, 0.25) is 0 Å². The Balaban J connectivity index is 2.80. The first-order valence-corrected chi connectivity index (χ1v) is 11.0. The number of phenolic OH excluding ortho intramolecular Hbond substituents is 1. The van der Waals surface area contributed by atoms with E-state index < -0.39 is 47.9 Å². The Labute approximate surface area is 194 Å². The fraction of sp³-hybridized carbons (Fsp3) is 0.565. The van der Waals surface area contributed by atoms with E-state index in [1.807, 2.05) is 6.92 Å². The second kappa shape index (κ2) is 12.8. The molecule has 7 N–H and O–H groups in total. The van der Waals surface area contributed by atoms with Crippen LogP contribution in [0.3, 0.4) is 0 Å². The third-order valence-electron chi connectivity index (χ3n) is 5.50. The van der Waals surface area contributed by atoms with Crippen molar-refractivity contribution < 1.29 is 29.4 Å². The van der Waals surface area contributed by atoms with Gasteiger partial charge in [-0.05, 0) is 42.9 Å². The van der Waals surface area contributed by atoms with Gasteiger partial charge in [-0.1, -0.05) is 46.2 Å². The summed E-state index contributed by atoms with van der Waals surface area (Å²) in [6.45, 7) is 8.43. The standard InChI is InChI=1S/C23H36N4O6/c1-6-13(4)19(27-21(30)17(24)11-15-7-9-16(28)10-8-15)22(31)25-14(5)20(29)26-18(12(2)3)23(32)33/h7-10,12-14,17-19,28H,6,11,24H2,1-5H3,(H,25,31)(H,26,29)(H,27,30)(H,32,33). The fourth-order valence-corrected chi connectivity index (χ4v) is 3.10. The van der Waals surface area contributed by atoms with E-state index in [-0.39, 0.29) is 24.0 Å². The highest BCUT2D eigenvalue weighted by atomic mass is 16.4. The maximum atomic E-state index is 12.9. The van der Waals surface area contributed by atoms with Crippen LogP contribution in [-0.2, 0) is 25.6 Å². The summed E-state index contributed by atoms with van der Waals surface area (Å²) < 4.78 is 0. The molecule has 1 aromatic carbocycles. The third kappa shape index (κ3) is 8.72. The molecule has 3 amide bonds. The van der Waals surface area contributed by atoms with Gasteiger partial charge in [-0.3, -0.25) is 14.4 Å². The SMILES string of the molecule is CCC(C)C(NC(=O)C(N)Cc1ccc(O)cc1)C(=O)NC(C)C(=O)NC(C(=O)O)C(C)C. The van der Waals surface area contributed by atoms with Crippen molar-refractivity contribution in [2.45, 2.75) is 71.6 Å². The predicted molar refractivity (Wildman–Crippen MR) is 123 cm³/mol. The average Bonchev–Trinajstić information content (AvgIpc) is 2.75. The summed E-state index contributed by atoms with van der Waals surface area (Å²) in [6, 6.07) is 2.37. The number of carbonyl (C=O) groups excluding carboxylic acids is 3. The van der Waals surface area contributed by atoms with Crippen LogP contribution in [0.4, 0.5) is 0 Å². The number of nitrogens with one attached hydrogen (secondary N) is 3. The van der Waals surface area contributed by atoms with Gasteiger partial charge >= 0.3 is 5.97 Å². The number of hydrogen-bond donors (Lipinski definition) is 6. The normalized spacial score (nSPS) is 15.6. The van der Waals surface area contributed by atoms with Crippen molar-refractivity contribution in [1.82, 2.24) is 16.0 Å². The van der Waals surface area contributed by atoms with Crippen LogP contribution in [0, 0.1) is 11.8 Å². The van der Waals surface area contributed by atoms with Crippen LogP contribution in [0.1, 0.15) is 46.6 Å². The molecule has 0 saturated heterocycles. The molecule has 1 rings (SSSR count). The molecule has 0 saturated carbocycles. The first-order valence-electron chi connectivity index (χ1n) is 11.0. The molecule has 33 heavy (non-hydrogen) atoms. The molecule has 1 aromatic rings. The van der Waals surface area contributed by atoms with Crippen LogP contribution in [-0.4, -0.2) is 58.1 Å². The Hall–Kier alpha value is -3.14.